The van der Waals surface area contributed by atoms with Crippen LogP contribution in [0.5, 0.6) is 5.75 Å². The molecule has 0 unspecified atom stereocenters. The number of carbonyl (C=O) groups excluding carboxylic acids is 1. The van der Waals surface area contributed by atoms with E-state index in [1.54, 1.807) is 16.8 Å². The van der Waals surface area contributed by atoms with Crippen molar-refractivity contribution < 1.29 is 9.53 Å². The van der Waals surface area contributed by atoms with Crippen LogP contribution in [0.2, 0.25) is 0 Å². The molecule has 0 bridgehead atoms. The number of carbonyl (C=O) groups is 1. The topological polar surface area (TPSA) is 68.2 Å². The second-order valence-electron chi connectivity index (χ2n) is 6.80. The van der Waals surface area contributed by atoms with Gasteiger partial charge in [-0.25, -0.2) is 9.48 Å². The molecule has 0 aliphatic rings. The highest BCUT2D eigenvalue weighted by Crippen LogP contribution is 2.19. The SMILES string of the molecule is Cc1cc(NC(=O)Nc2ccc(OCc3ccccc3)cc2)n(-c2ccccc2)n1. The van der Waals surface area contributed by atoms with Gasteiger partial charge in [-0.2, -0.15) is 5.10 Å². The number of amides is 2. The first kappa shape index (κ1) is 19.3. The fourth-order valence-electron chi connectivity index (χ4n) is 3.01. The van der Waals surface area contributed by atoms with Gasteiger partial charge in [0.05, 0.1) is 11.4 Å². The standard InChI is InChI=1S/C24H22N4O2/c1-18-16-23(28(27-18)21-10-6-3-7-11-21)26-24(29)25-20-12-14-22(15-13-20)30-17-19-8-4-2-5-9-19/h2-16H,17H2,1H3,(H2,25,26,29). The Morgan fingerprint density at radius 3 is 2.27 bits per heavy atom. The maximum Gasteiger partial charge on any atom is 0.324 e. The van der Waals surface area contributed by atoms with Gasteiger partial charge in [-0.15, -0.1) is 0 Å². The number of anilines is 2. The number of aromatic nitrogens is 2. The average molecular weight is 398 g/mol. The monoisotopic (exact) mass is 398 g/mol. The number of benzene rings is 3. The molecule has 0 fully saturated rings. The summed E-state index contributed by atoms with van der Waals surface area (Å²) in [6.45, 7) is 2.38. The van der Waals surface area contributed by atoms with Gasteiger partial charge in [-0.1, -0.05) is 48.5 Å². The Hall–Kier alpha value is -4.06. The molecule has 0 spiro atoms. The van der Waals surface area contributed by atoms with Gasteiger partial charge in [0, 0.05) is 11.8 Å². The first-order chi connectivity index (χ1) is 14.7. The van der Waals surface area contributed by atoms with Crippen LogP contribution in [0.4, 0.5) is 16.3 Å². The summed E-state index contributed by atoms with van der Waals surface area (Å²) in [5, 5.41) is 10.1. The number of urea groups is 1. The number of ether oxygens (including phenoxy) is 1. The number of hydrogen-bond acceptors (Lipinski definition) is 3. The van der Waals surface area contributed by atoms with E-state index in [2.05, 4.69) is 15.7 Å². The zero-order chi connectivity index (χ0) is 20.8. The molecule has 4 rings (SSSR count). The van der Waals surface area contributed by atoms with E-state index in [1.807, 2.05) is 85.8 Å². The van der Waals surface area contributed by atoms with E-state index in [4.69, 9.17) is 4.74 Å². The number of nitrogens with zero attached hydrogens (tertiary/aromatic N) is 2. The van der Waals surface area contributed by atoms with Crippen molar-refractivity contribution in [2.24, 2.45) is 0 Å². The summed E-state index contributed by atoms with van der Waals surface area (Å²) in [6, 6.07) is 28.4. The summed E-state index contributed by atoms with van der Waals surface area (Å²) < 4.78 is 7.48. The van der Waals surface area contributed by atoms with E-state index in [0.717, 1.165) is 22.7 Å². The van der Waals surface area contributed by atoms with E-state index >= 15 is 0 Å². The van der Waals surface area contributed by atoms with Crippen molar-refractivity contribution in [3.63, 3.8) is 0 Å². The normalized spacial score (nSPS) is 10.4. The lowest BCUT2D eigenvalue weighted by Gasteiger charge is -2.11. The highest BCUT2D eigenvalue weighted by molar-refractivity contribution is 5.99. The highest BCUT2D eigenvalue weighted by Gasteiger charge is 2.11. The Labute approximate surface area is 175 Å². The largest absolute Gasteiger partial charge is 0.489 e. The summed E-state index contributed by atoms with van der Waals surface area (Å²) in [7, 11) is 0. The third kappa shape index (κ3) is 4.86. The van der Waals surface area contributed by atoms with Crippen molar-refractivity contribution in [3.8, 4) is 11.4 Å². The first-order valence-corrected chi connectivity index (χ1v) is 9.64. The van der Waals surface area contributed by atoms with Crippen molar-refractivity contribution in [3.05, 3.63) is 102 Å². The summed E-state index contributed by atoms with van der Waals surface area (Å²) >= 11 is 0. The Kier molecular flexibility index (Phi) is 5.75. The number of para-hydroxylation sites is 1. The van der Waals surface area contributed by atoms with E-state index in [9.17, 15) is 4.79 Å². The van der Waals surface area contributed by atoms with Gasteiger partial charge >= 0.3 is 6.03 Å². The van der Waals surface area contributed by atoms with Gasteiger partial charge in [0.1, 0.15) is 18.2 Å². The fraction of sp³-hybridized carbons (Fsp3) is 0.0833. The molecule has 0 radical (unpaired) electrons. The van der Waals surface area contributed by atoms with E-state index in [1.165, 1.54) is 0 Å². The highest BCUT2D eigenvalue weighted by atomic mass is 16.5. The minimum atomic E-state index is -0.343. The Morgan fingerprint density at radius 2 is 1.57 bits per heavy atom. The lowest BCUT2D eigenvalue weighted by molar-refractivity contribution is 0.262. The first-order valence-electron chi connectivity index (χ1n) is 9.64. The van der Waals surface area contributed by atoms with Gasteiger partial charge in [0.15, 0.2) is 0 Å². The molecule has 3 aromatic carbocycles. The number of hydrogen-bond donors (Lipinski definition) is 2. The molecule has 2 amide bonds. The second-order valence-corrected chi connectivity index (χ2v) is 6.80. The van der Waals surface area contributed by atoms with Crippen LogP contribution in [0.15, 0.2) is 91.0 Å². The van der Waals surface area contributed by atoms with Crippen molar-refractivity contribution in [1.82, 2.24) is 9.78 Å². The minimum Gasteiger partial charge on any atom is -0.489 e. The molecule has 0 saturated heterocycles. The second kappa shape index (κ2) is 8.96. The molecular weight excluding hydrogens is 376 g/mol. The number of rotatable bonds is 6. The molecule has 4 aromatic rings. The third-order valence-corrected chi connectivity index (χ3v) is 4.43. The molecule has 2 N–H and O–H groups in total. The molecule has 30 heavy (non-hydrogen) atoms. The molecule has 1 aromatic heterocycles. The van der Waals surface area contributed by atoms with Crippen LogP contribution < -0.4 is 15.4 Å². The van der Waals surface area contributed by atoms with Gasteiger partial charge in [-0.3, -0.25) is 5.32 Å². The quantitative estimate of drug-likeness (QED) is 0.457. The Morgan fingerprint density at radius 1 is 0.900 bits per heavy atom. The fourth-order valence-corrected chi connectivity index (χ4v) is 3.01. The molecule has 1 heterocycles. The predicted molar refractivity (Wildman–Crippen MR) is 118 cm³/mol. The predicted octanol–water partition coefficient (Wildman–Crippen LogP) is 5.40. The number of aryl methyl sites for hydroxylation is 1. The Balaban J connectivity index is 1.37. The van der Waals surface area contributed by atoms with E-state index in [0.29, 0.717) is 18.1 Å². The van der Waals surface area contributed by atoms with Crippen molar-refractivity contribution in [2.75, 3.05) is 10.6 Å². The van der Waals surface area contributed by atoms with Gasteiger partial charge in [0.2, 0.25) is 0 Å². The van der Waals surface area contributed by atoms with Crippen molar-refractivity contribution >= 4 is 17.5 Å². The molecule has 0 aliphatic carbocycles. The Bertz CT molecular complexity index is 1110. The van der Waals surface area contributed by atoms with Crippen LogP contribution >= 0.6 is 0 Å². The summed E-state index contributed by atoms with van der Waals surface area (Å²) in [5.41, 5.74) is 3.46. The van der Waals surface area contributed by atoms with Crippen LogP contribution in [-0.2, 0) is 6.61 Å². The molecule has 6 heteroatoms. The smallest absolute Gasteiger partial charge is 0.324 e. The van der Waals surface area contributed by atoms with Gasteiger partial charge in [-0.05, 0) is 48.9 Å². The molecule has 0 atom stereocenters. The van der Waals surface area contributed by atoms with Crippen molar-refractivity contribution in [2.45, 2.75) is 13.5 Å². The summed E-state index contributed by atoms with van der Waals surface area (Å²) in [6.07, 6.45) is 0. The molecule has 0 saturated carbocycles. The summed E-state index contributed by atoms with van der Waals surface area (Å²) in [4.78, 5) is 12.5. The molecular formula is C24H22N4O2. The van der Waals surface area contributed by atoms with Crippen LogP contribution in [-0.4, -0.2) is 15.8 Å². The lowest BCUT2D eigenvalue weighted by atomic mass is 10.2. The van der Waals surface area contributed by atoms with E-state index < -0.39 is 0 Å². The summed E-state index contributed by atoms with van der Waals surface area (Å²) in [5.74, 6) is 1.33. The molecule has 0 aliphatic heterocycles. The lowest BCUT2D eigenvalue weighted by Crippen LogP contribution is -2.21. The maximum absolute atomic E-state index is 12.5. The van der Waals surface area contributed by atoms with Gasteiger partial charge in [0.25, 0.3) is 0 Å². The van der Waals surface area contributed by atoms with Crippen LogP contribution in [0.25, 0.3) is 5.69 Å². The van der Waals surface area contributed by atoms with E-state index in [-0.39, 0.29) is 6.03 Å². The zero-order valence-electron chi connectivity index (χ0n) is 16.6. The van der Waals surface area contributed by atoms with Crippen molar-refractivity contribution in [1.29, 1.82) is 0 Å². The molecule has 150 valence electrons. The zero-order valence-corrected chi connectivity index (χ0v) is 16.6. The number of nitrogens with one attached hydrogen (secondary N) is 2. The van der Waals surface area contributed by atoms with Crippen LogP contribution in [0.3, 0.4) is 0 Å². The van der Waals surface area contributed by atoms with Crippen LogP contribution in [0.1, 0.15) is 11.3 Å². The average Bonchev–Trinajstić information content (AvgIpc) is 3.14. The minimum absolute atomic E-state index is 0.343. The van der Waals surface area contributed by atoms with Gasteiger partial charge < -0.3 is 10.1 Å². The molecule has 6 nitrogen and oxygen atoms in total. The third-order valence-electron chi connectivity index (χ3n) is 4.43. The maximum atomic E-state index is 12.5. The van der Waals surface area contributed by atoms with Crippen LogP contribution in [0, 0.1) is 6.92 Å².